The monoisotopic (exact) mass is 244 g/mol. The number of nitrogens with two attached hydrogens (primary N) is 1. The largest absolute Gasteiger partial charge is 0.398 e. The number of hydrogen-bond donors (Lipinski definition) is 2. The van der Waals surface area contributed by atoms with Crippen molar-refractivity contribution in [2.24, 2.45) is 0 Å². The van der Waals surface area contributed by atoms with E-state index in [0.29, 0.717) is 10.7 Å². The molecule has 0 saturated carbocycles. The van der Waals surface area contributed by atoms with Crippen molar-refractivity contribution in [2.45, 2.75) is 0 Å². The summed E-state index contributed by atoms with van der Waals surface area (Å²) in [7, 11) is 1.78. The number of thiocarbonyl (C=S) groups is 1. The van der Waals surface area contributed by atoms with Gasteiger partial charge in [0.25, 0.3) is 0 Å². The lowest BCUT2D eigenvalue weighted by atomic mass is 10.2. The van der Waals surface area contributed by atoms with E-state index >= 15 is 0 Å². The van der Waals surface area contributed by atoms with Gasteiger partial charge < -0.3 is 11.1 Å². The maximum absolute atomic E-state index is 5.72. The number of nitrogen functional groups attached to an aromatic ring is 1. The first-order chi connectivity index (χ1) is 5.65. The standard InChI is InChI=1S/C8H9BrN2S/c1-11-8(12)6-4-5(9)2-3-7(6)10/h2-4H,10H2,1H3,(H,11,12). The van der Waals surface area contributed by atoms with Crippen LogP contribution in [0.15, 0.2) is 22.7 Å². The van der Waals surface area contributed by atoms with Crippen LogP contribution in [0.25, 0.3) is 0 Å². The average molecular weight is 245 g/mol. The van der Waals surface area contributed by atoms with Gasteiger partial charge in [0.05, 0.1) is 0 Å². The predicted octanol–water partition coefficient (Wildman–Crippen LogP) is 1.93. The zero-order chi connectivity index (χ0) is 9.14. The van der Waals surface area contributed by atoms with E-state index in [0.717, 1.165) is 10.0 Å². The summed E-state index contributed by atoms with van der Waals surface area (Å²) in [6, 6.07) is 5.61. The molecule has 1 aromatic carbocycles. The highest BCUT2D eigenvalue weighted by Gasteiger charge is 2.03. The molecule has 0 fully saturated rings. The molecule has 0 atom stereocenters. The first kappa shape index (κ1) is 9.48. The second-order valence-electron chi connectivity index (χ2n) is 2.31. The van der Waals surface area contributed by atoms with Crippen LogP contribution in [0.1, 0.15) is 5.56 Å². The molecule has 12 heavy (non-hydrogen) atoms. The van der Waals surface area contributed by atoms with Crippen molar-refractivity contribution in [3.8, 4) is 0 Å². The van der Waals surface area contributed by atoms with Crippen molar-refractivity contribution in [3.05, 3.63) is 28.2 Å². The number of hydrogen-bond acceptors (Lipinski definition) is 2. The first-order valence-corrected chi connectivity index (χ1v) is 4.62. The summed E-state index contributed by atoms with van der Waals surface area (Å²) in [6.07, 6.45) is 0. The Morgan fingerprint density at radius 2 is 2.25 bits per heavy atom. The number of rotatable bonds is 1. The number of nitrogens with one attached hydrogen (secondary N) is 1. The highest BCUT2D eigenvalue weighted by Crippen LogP contribution is 2.18. The third kappa shape index (κ3) is 1.95. The molecular formula is C8H9BrN2S. The molecule has 0 saturated heterocycles. The molecule has 0 aliphatic carbocycles. The van der Waals surface area contributed by atoms with Crippen LogP contribution in [0.5, 0.6) is 0 Å². The summed E-state index contributed by atoms with van der Waals surface area (Å²) in [6.45, 7) is 0. The topological polar surface area (TPSA) is 38.0 Å². The van der Waals surface area contributed by atoms with E-state index in [1.807, 2.05) is 18.2 Å². The zero-order valence-electron chi connectivity index (χ0n) is 6.60. The lowest BCUT2D eigenvalue weighted by Crippen LogP contribution is -2.17. The van der Waals surface area contributed by atoms with Gasteiger partial charge in [0.1, 0.15) is 4.99 Å². The molecule has 2 nitrogen and oxygen atoms in total. The van der Waals surface area contributed by atoms with Crippen LogP contribution < -0.4 is 11.1 Å². The molecule has 1 aromatic rings. The van der Waals surface area contributed by atoms with Gasteiger partial charge in [-0.05, 0) is 18.2 Å². The predicted molar refractivity (Wildman–Crippen MR) is 59.3 cm³/mol. The van der Waals surface area contributed by atoms with E-state index in [1.165, 1.54) is 0 Å². The molecule has 4 heteroatoms. The van der Waals surface area contributed by atoms with E-state index < -0.39 is 0 Å². The van der Waals surface area contributed by atoms with Crippen LogP contribution in [-0.4, -0.2) is 12.0 Å². The van der Waals surface area contributed by atoms with Gasteiger partial charge >= 0.3 is 0 Å². The van der Waals surface area contributed by atoms with Crippen molar-refractivity contribution < 1.29 is 0 Å². The number of anilines is 1. The number of benzene rings is 1. The molecule has 0 aliphatic heterocycles. The van der Waals surface area contributed by atoms with Crippen molar-refractivity contribution in [2.75, 3.05) is 12.8 Å². The minimum Gasteiger partial charge on any atom is -0.398 e. The molecule has 0 spiro atoms. The van der Waals surface area contributed by atoms with Gasteiger partial charge in [-0.25, -0.2) is 0 Å². The smallest absolute Gasteiger partial charge is 0.108 e. The van der Waals surface area contributed by atoms with E-state index in [9.17, 15) is 0 Å². The van der Waals surface area contributed by atoms with Gasteiger partial charge in [0.15, 0.2) is 0 Å². The van der Waals surface area contributed by atoms with Gasteiger partial charge in [-0.1, -0.05) is 28.1 Å². The maximum atomic E-state index is 5.72. The van der Waals surface area contributed by atoms with Crippen LogP contribution in [0.2, 0.25) is 0 Å². The Kier molecular flexibility index (Phi) is 3.05. The molecule has 3 N–H and O–H groups in total. The highest BCUT2D eigenvalue weighted by atomic mass is 79.9. The normalized spacial score (nSPS) is 9.50. The van der Waals surface area contributed by atoms with Crippen LogP contribution in [0.4, 0.5) is 5.69 Å². The summed E-state index contributed by atoms with van der Waals surface area (Å²) < 4.78 is 0.976. The van der Waals surface area contributed by atoms with Gasteiger partial charge in [-0.15, -0.1) is 0 Å². The van der Waals surface area contributed by atoms with E-state index in [-0.39, 0.29) is 0 Å². The molecule has 0 unspecified atom stereocenters. The summed E-state index contributed by atoms with van der Waals surface area (Å²) >= 11 is 8.41. The molecule has 0 radical (unpaired) electrons. The Morgan fingerprint density at radius 1 is 1.58 bits per heavy atom. The Bertz CT molecular complexity index is 312. The average Bonchev–Trinajstić information content (AvgIpc) is 2.08. The zero-order valence-corrected chi connectivity index (χ0v) is 9.00. The van der Waals surface area contributed by atoms with Crippen molar-refractivity contribution >= 4 is 38.8 Å². The van der Waals surface area contributed by atoms with Gasteiger partial charge in [-0.3, -0.25) is 0 Å². The molecule has 0 heterocycles. The Hall–Kier alpha value is -0.610. The summed E-state index contributed by atoms with van der Waals surface area (Å²) in [5.74, 6) is 0. The fourth-order valence-corrected chi connectivity index (χ4v) is 1.40. The summed E-state index contributed by atoms with van der Waals surface area (Å²) in [5.41, 5.74) is 7.27. The Morgan fingerprint density at radius 3 is 2.83 bits per heavy atom. The first-order valence-electron chi connectivity index (χ1n) is 3.42. The van der Waals surface area contributed by atoms with E-state index in [1.54, 1.807) is 7.05 Å². The quantitative estimate of drug-likeness (QED) is 0.586. The van der Waals surface area contributed by atoms with Crippen LogP contribution in [0.3, 0.4) is 0 Å². The minimum atomic E-state index is 0.661. The third-order valence-electron chi connectivity index (χ3n) is 1.49. The van der Waals surface area contributed by atoms with Crippen LogP contribution >= 0.6 is 28.1 Å². The lowest BCUT2D eigenvalue weighted by molar-refractivity contribution is 1.20. The second-order valence-corrected chi connectivity index (χ2v) is 3.63. The molecule has 64 valence electrons. The second kappa shape index (κ2) is 3.87. The summed E-state index contributed by atoms with van der Waals surface area (Å²) in [5, 5.41) is 2.88. The van der Waals surface area contributed by atoms with E-state index in [2.05, 4.69) is 21.2 Å². The van der Waals surface area contributed by atoms with Crippen molar-refractivity contribution in [3.63, 3.8) is 0 Å². The van der Waals surface area contributed by atoms with Gasteiger partial charge in [-0.2, -0.15) is 0 Å². The van der Waals surface area contributed by atoms with Crippen LogP contribution in [-0.2, 0) is 0 Å². The molecular weight excluding hydrogens is 236 g/mol. The SMILES string of the molecule is CNC(=S)c1cc(Br)ccc1N. The van der Waals surface area contributed by atoms with Gasteiger partial charge in [0, 0.05) is 22.8 Å². The molecule has 0 bridgehead atoms. The fourth-order valence-electron chi connectivity index (χ4n) is 0.860. The lowest BCUT2D eigenvalue weighted by Gasteiger charge is -2.06. The fraction of sp³-hybridized carbons (Fsp3) is 0.125. The maximum Gasteiger partial charge on any atom is 0.108 e. The molecule has 1 rings (SSSR count). The third-order valence-corrected chi connectivity index (χ3v) is 2.40. The van der Waals surface area contributed by atoms with Gasteiger partial charge in [0.2, 0.25) is 0 Å². The number of halogens is 1. The van der Waals surface area contributed by atoms with Crippen LogP contribution in [0, 0.1) is 0 Å². The molecule has 0 amide bonds. The molecule has 0 aliphatic rings. The van der Waals surface area contributed by atoms with E-state index in [4.69, 9.17) is 18.0 Å². The highest BCUT2D eigenvalue weighted by molar-refractivity contribution is 9.10. The Balaban J connectivity index is 3.13. The minimum absolute atomic E-state index is 0.661. The van der Waals surface area contributed by atoms with Crippen molar-refractivity contribution in [1.29, 1.82) is 0 Å². The summed E-state index contributed by atoms with van der Waals surface area (Å²) in [4.78, 5) is 0.661. The molecule has 0 aromatic heterocycles. The Labute approximate surface area is 85.3 Å². The van der Waals surface area contributed by atoms with Crippen molar-refractivity contribution in [1.82, 2.24) is 5.32 Å².